The summed E-state index contributed by atoms with van der Waals surface area (Å²) >= 11 is 0. The molecule has 2 aliphatic rings. The molecule has 2 aliphatic heterocycles. The van der Waals surface area contributed by atoms with E-state index in [1.54, 1.807) is 46.6 Å². The summed E-state index contributed by atoms with van der Waals surface area (Å²) < 4.78 is 27.9. The Labute approximate surface area is 159 Å². The van der Waals surface area contributed by atoms with E-state index in [0.717, 1.165) is 23.9 Å². The Kier molecular flexibility index (Phi) is 5.00. The molecule has 1 amide bonds. The predicted octanol–water partition coefficient (Wildman–Crippen LogP) is 2.21. The Morgan fingerprint density at radius 2 is 1.85 bits per heavy atom. The van der Waals surface area contributed by atoms with Crippen molar-refractivity contribution in [1.29, 1.82) is 0 Å². The van der Waals surface area contributed by atoms with Crippen LogP contribution in [0.5, 0.6) is 0 Å². The number of amides is 1. The molecule has 1 saturated heterocycles. The molecule has 140 valence electrons. The van der Waals surface area contributed by atoms with Crippen molar-refractivity contribution in [1.82, 2.24) is 4.31 Å². The molecular weight excluding hydrogens is 374 g/mol. The number of nitrogens with zero attached hydrogens (tertiary/aromatic N) is 2. The van der Waals surface area contributed by atoms with Crippen LogP contribution in [0, 0.1) is 5.92 Å². The number of nitrogens with two attached hydrogens (primary N) is 1. The van der Waals surface area contributed by atoms with E-state index in [2.05, 4.69) is 0 Å². The molecule has 2 aromatic carbocycles. The van der Waals surface area contributed by atoms with Crippen LogP contribution in [0.25, 0.3) is 10.8 Å². The van der Waals surface area contributed by atoms with Gasteiger partial charge in [-0.2, -0.15) is 4.31 Å². The first-order valence-corrected chi connectivity index (χ1v) is 9.93. The second kappa shape index (κ2) is 6.81. The van der Waals surface area contributed by atoms with Crippen LogP contribution in [-0.2, 0) is 10.0 Å². The van der Waals surface area contributed by atoms with Gasteiger partial charge >= 0.3 is 0 Å². The van der Waals surface area contributed by atoms with Crippen LogP contribution in [0.15, 0.2) is 35.2 Å². The molecule has 26 heavy (non-hydrogen) atoms. The molecular formula is C18H22ClN3O3S. The lowest BCUT2D eigenvalue weighted by molar-refractivity contribution is 0.0999. The summed E-state index contributed by atoms with van der Waals surface area (Å²) in [5.74, 6) is 0.296. The number of sulfonamides is 1. The molecule has 0 radical (unpaired) electrons. The summed E-state index contributed by atoms with van der Waals surface area (Å²) in [6, 6.07) is 8.64. The van der Waals surface area contributed by atoms with Crippen molar-refractivity contribution in [2.45, 2.75) is 17.7 Å². The molecule has 2 aromatic rings. The second-order valence-electron chi connectivity index (χ2n) is 6.76. The van der Waals surface area contributed by atoms with Gasteiger partial charge in [0, 0.05) is 36.5 Å². The molecule has 0 bridgehead atoms. The molecule has 0 aromatic heterocycles. The van der Waals surface area contributed by atoms with Gasteiger partial charge in [0.25, 0.3) is 5.91 Å². The fraction of sp³-hybridized carbons (Fsp3) is 0.389. The van der Waals surface area contributed by atoms with Gasteiger partial charge in [0.2, 0.25) is 10.0 Å². The van der Waals surface area contributed by atoms with E-state index in [1.807, 2.05) is 0 Å². The van der Waals surface area contributed by atoms with Gasteiger partial charge < -0.3 is 10.6 Å². The molecule has 4 rings (SSSR count). The Morgan fingerprint density at radius 3 is 2.50 bits per heavy atom. The van der Waals surface area contributed by atoms with Crippen molar-refractivity contribution in [3.63, 3.8) is 0 Å². The molecule has 8 heteroatoms. The van der Waals surface area contributed by atoms with Gasteiger partial charge in [-0.05, 0) is 43.5 Å². The maximum Gasteiger partial charge on any atom is 0.258 e. The summed E-state index contributed by atoms with van der Waals surface area (Å²) in [7, 11) is -1.89. The fourth-order valence-corrected chi connectivity index (χ4v) is 5.52. The minimum atomic E-state index is -3.60. The van der Waals surface area contributed by atoms with Gasteiger partial charge in [-0.1, -0.05) is 12.1 Å². The number of benzene rings is 2. The van der Waals surface area contributed by atoms with E-state index >= 15 is 0 Å². The van der Waals surface area contributed by atoms with Crippen molar-refractivity contribution in [2.24, 2.45) is 11.7 Å². The summed E-state index contributed by atoms with van der Waals surface area (Å²) in [6.45, 7) is 1.58. The van der Waals surface area contributed by atoms with Crippen molar-refractivity contribution in [3.8, 4) is 0 Å². The van der Waals surface area contributed by atoms with Crippen LogP contribution in [-0.4, -0.2) is 45.3 Å². The Balaban J connectivity index is 0.00000196. The van der Waals surface area contributed by atoms with Gasteiger partial charge in [0.15, 0.2) is 0 Å². The number of carbonyl (C=O) groups excluding carboxylic acids is 1. The van der Waals surface area contributed by atoms with E-state index in [4.69, 9.17) is 5.73 Å². The van der Waals surface area contributed by atoms with Crippen molar-refractivity contribution in [2.75, 3.05) is 31.6 Å². The number of hydrogen-bond acceptors (Lipinski definition) is 4. The maximum atomic E-state index is 13.2. The van der Waals surface area contributed by atoms with Crippen LogP contribution in [0.2, 0.25) is 0 Å². The largest absolute Gasteiger partial charge is 0.330 e. The van der Waals surface area contributed by atoms with E-state index < -0.39 is 10.0 Å². The molecule has 0 aliphatic carbocycles. The minimum Gasteiger partial charge on any atom is -0.330 e. The molecule has 0 saturated carbocycles. The average molecular weight is 396 g/mol. The zero-order chi connectivity index (χ0) is 17.8. The van der Waals surface area contributed by atoms with Gasteiger partial charge in [-0.25, -0.2) is 8.42 Å². The van der Waals surface area contributed by atoms with Gasteiger partial charge in [-0.3, -0.25) is 4.79 Å². The molecule has 0 unspecified atom stereocenters. The van der Waals surface area contributed by atoms with Gasteiger partial charge in [-0.15, -0.1) is 12.4 Å². The zero-order valence-electron chi connectivity index (χ0n) is 14.5. The lowest BCUT2D eigenvalue weighted by atomic mass is 9.99. The normalized spacial score (nSPS) is 18.4. The Hall–Kier alpha value is -1.67. The third kappa shape index (κ3) is 2.70. The molecule has 1 fully saturated rings. The number of piperidine rings is 1. The van der Waals surface area contributed by atoms with Crippen molar-refractivity contribution >= 4 is 44.8 Å². The van der Waals surface area contributed by atoms with Crippen LogP contribution in [0.3, 0.4) is 0 Å². The number of halogens is 1. The molecule has 2 heterocycles. The third-order valence-electron chi connectivity index (χ3n) is 5.40. The van der Waals surface area contributed by atoms with Crippen molar-refractivity contribution < 1.29 is 13.2 Å². The maximum absolute atomic E-state index is 13.2. The number of rotatable bonds is 3. The highest BCUT2D eigenvalue weighted by Crippen LogP contribution is 2.40. The first-order chi connectivity index (χ1) is 11.9. The first kappa shape index (κ1) is 19.1. The van der Waals surface area contributed by atoms with E-state index in [0.29, 0.717) is 36.5 Å². The number of carbonyl (C=O) groups is 1. The quantitative estimate of drug-likeness (QED) is 0.863. The standard InChI is InChI=1S/C18H21N3O3S.ClH/c1-20-15-5-6-16(13-3-2-4-14(17(13)15)18(20)22)25(23,24)21-9-7-12(11-19)8-10-21;/h2-6,12H,7-11,19H2,1H3;1H. The zero-order valence-corrected chi connectivity index (χ0v) is 16.1. The molecule has 0 atom stereocenters. The van der Waals surface area contributed by atoms with Crippen LogP contribution in [0.4, 0.5) is 5.69 Å². The monoisotopic (exact) mass is 395 g/mol. The number of hydrogen-bond donors (Lipinski definition) is 1. The topological polar surface area (TPSA) is 83.7 Å². The summed E-state index contributed by atoms with van der Waals surface area (Å²) in [5.41, 5.74) is 7.03. The summed E-state index contributed by atoms with van der Waals surface area (Å²) in [4.78, 5) is 14.2. The van der Waals surface area contributed by atoms with Gasteiger partial charge in [0.05, 0.1) is 10.6 Å². The van der Waals surface area contributed by atoms with Crippen LogP contribution in [0.1, 0.15) is 23.2 Å². The van der Waals surface area contributed by atoms with E-state index in [9.17, 15) is 13.2 Å². The summed E-state index contributed by atoms with van der Waals surface area (Å²) in [6.07, 6.45) is 1.58. The molecule has 2 N–H and O–H groups in total. The van der Waals surface area contributed by atoms with Crippen molar-refractivity contribution in [3.05, 3.63) is 35.9 Å². The van der Waals surface area contributed by atoms with Crippen LogP contribution >= 0.6 is 12.4 Å². The van der Waals surface area contributed by atoms with Gasteiger partial charge in [0.1, 0.15) is 0 Å². The van der Waals surface area contributed by atoms with Crippen LogP contribution < -0.4 is 10.6 Å². The minimum absolute atomic E-state index is 0. The highest BCUT2D eigenvalue weighted by Gasteiger charge is 2.33. The SMILES string of the molecule is CN1C(=O)c2cccc3c(S(=O)(=O)N4CCC(CN)CC4)ccc1c23.Cl. The third-order valence-corrected chi connectivity index (χ3v) is 7.36. The second-order valence-corrected chi connectivity index (χ2v) is 8.66. The highest BCUT2D eigenvalue weighted by molar-refractivity contribution is 7.89. The highest BCUT2D eigenvalue weighted by atomic mass is 35.5. The number of anilines is 1. The Morgan fingerprint density at radius 1 is 1.15 bits per heavy atom. The molecule has 6 nitrogen and oxygen atoms in total. The lowest BCUT2D eigenvalue weighted by Gasteiger charge is -2.30. The fourth-order valence-electron chi connectivity index (χ4n) is 3.86. The summed E-state index contributed by atoms with van der Waals surface area (Å²) in [5, 5.41) is 1.35. The Bertz CT molecular complexity index is 969. The van der Waals surface area contributed by atoms with E-state index in [1.165, 1.54) is 0 Å². The predicted molar refractivity (Wildman–Crippen MR) is 104 cm³/mol. The first-order valence-electron chi connectivity index (χ1n) is 8.49. The lowest BCUT2D eigenvalue weighted by Crippen LogP contribution is -2.40. The smallest absolute Gasteiger partial charge is 0.258 e. The molecule has 0 spiro atoms. The van der Waals surface area contributed by atoms with E-state index in [-0.39, 0.29) is 23.2 Å². The average Bonchev–Trinajstić information content (AvgIpc) is 2.89.